The van der Waals surface area contributed by atoms with Gasteiger partial charge in [0.2, 0.25) is 0 Å². The first-order valence-corrected chi connectivity index (χ1v) is 6.41. The number of ether oxygens (including phenoxy) is 1. The number of rotatable bonds is 3. The van der Waals surface area contributed by atoms with E-state index in [-0.39, 0.29) is 17.8 Å². The van der Waals surface area contributed by atoms with Crippen molar-refractivity contribution in [2.45, 2.75) is 18.9 Å². The lowest BCUT2D eigenvalue weighted by molar-refractivity contribution is 0.0347. The summed E-state index contributed by atoms with van der Waals surface area (Å²) in [7, 11) is 1.69. The number of aromatic nitrogens is 1. The minimum absolute atomic E-state index is 0.0302. The van der Waals surface area contributed by atoms with Crippen LogP contribution in [0.15, 0.2) is 23.5 Å². The molecule has 0 bridgehead atoms. The standard InChI is InChI=1S/C13H18N4O3/c1-20-10-4-6-17(7-5-10)13(18)11-3-2-9(8-15-11)12(14)16-19/h2-3,8,10,19H,4-7H2,1H3,(H2,14,16). The molecule has 0 aromatic carbocycles. The Balaban J connectivity index is 2.03. The molecular formula is C13H18N4O3. The fraction of sp³-hybridized carbons (Fsp3) is 0.462. The highest BCUT2D eigenvalue weighted by molar-refractivity contribution is 5.98. The minimum Gasteiger partial charge on any atom is -0.409 e. The van der Waals surface area contributed by atoms with Crippen LogP contribution in [0.4, 0.5) is 0 Å². The van der Waals surface area contributed by atoms with E-state index in [1.165, 1.54) is 6.20 Å². The normalized spacial score (nSPS) is 17.2. The van der Waals surface area contributed by atoms with Crippen LogP contribution >= 0.6 is 0 Å². The molecule has 1 aliphatic heterocycles. The highest BCUT2D eigenvalue weighted by Crippen LogP contribution is 2.15. The van der Waals surface area contributed by atoms with E-state index >= 15 is 0 Å². The number of methoxy groups -OCH3 is 1. The van der Waals surface area contributed by atoms with Gasteiger partial charge in [0.1, 0.15) is 5.69 Å². The van der Waals surface area contributed by atoms with E-state index in [0.29, 0.717) is 24.3 Å². The lowest BCUT2D eigenvalue weighted by Crippen LogP contribution is -2.40. The molecule has 3 N–H and O–H groups in total. The predicted molar refractivity (Wildman–Crippen MR) is 72.7 cm³/mol. The van der Waals surface area contributed by atoms with Crippen LogP contribution in [0.3, 0.4) is 0 Å². The first-order valence-electron chi connectivity index (χ1n) is 6.41. The van der Waals surface area contributed by atoms with E-state index in [1.807, 2.05) is 0 Å². The summed E-state index contributed by atoms with van der Waals surface area (Å²) >= 11 is 0. The van der Waals surface area contributed by atoms with Crippen molar-refractivity contribution in [3.8, 4) is 0 Å². The van der Waals surface area contributed by atoms with Gasteiger partial charge in [-0.25, -0.2) is 0 Å². The maximum absolute atomic E-state index is 12.3. The van der Waals surface area contributed by atoms with E-state index in [2.05, 4.69) is 10.1 Å². The second kappa shape index (κ2) is 6.33. The molecule has 1 aromatic heterocycles. The lowest BCUT2D eigenvalue weighted by atomic mass is 10.1. The van der Waals surface area contributed by atoms with Gasteiger partial charge in [0.15, 0.2) is 5.84 Å². The molecule has 0 radical (unpaired) electrons. The van der Waals surface area contributed by atoms with Crippen molar-refractivity contribution in [2.75, 3.05) is 20.2 Å². The van der Waals surface area contributed by atoms with Gasteiger partial charge < -0.3 is 20.6 Å². The zero-order chi connectivity index (χ0) is 14.5. The first kappa shape index (κ1) is 14.3. The van der Waals surface area contributed by atoms with Crippen molar-refractivity contribution >= 4 is 11.7 Å². The summed E-state index contributed by atoms with van der Waals surface area (Å²) in [5, 5.41) is 11.5. The SMILES string of the molecule is COC1CCN(C(=O)c2ccc(C(N)=NO)cn2)CC1. The van der Waals surface area contributed by atoms with Crippen LogP contribution in [-0.4, -0.2) is 53.1 Å². The smallest absolute Gasteiger partial charge is 0.272 e. The van der Waals surface area contributed by atoms with E-state index < -0.39 is 0 Å². The lowest BCUT2D eigenvalue weighted by Gasteiger charge is -2.31. The highest BCUT2D eigenvalue weighted by Gasteiger charge is 2.24. The molecule has 2 rings (SSSR count). The number of hydrogen-bond acceptors (Lipinski definition) is 5. The number of nitrogens with two attached hydrogens (primary N) is 1. The fourth-order valence-electron chi connectivity index (χ4n) is 2.19. The number of oxime groups is 1. The minimum atomic E-state index is -0.106. The Morgan fingerprint density at radius 1 is 1.50 bits per heavy atom. The molecule has 1 fully saturated rings. The van der Waals surface area contributed by atoms with Crippen molar-refractivity contribution in [1.82, 2.24) is 9.88 Å². The Hall–Kier alpha value is -2.15. The average Bonchev–Trinajstić information content (AvgIpc) is 2.53. The molecule has 2 heterocycles. The molecule has 0 saturated carbocycles. The summed E-state index contributed by atoms with van der Waals surface area (Å²) < 4.78 is 5.28. The van der Waals surface area contributed by atoms with Crippen molar-refractivity contribution < 1.29 is 14.7 Å². The van der Waals surface area contributed by atoms with Crippen LogP contribution in [0.5, 0.6) is 0 Å². The van der Waals surface area contributed by atoms with Gasteiger partial charge in [-0.1, -0.05) is 5.16 Å². The molecule has 0 unspecified atom stereocenters. The summed E-state index contributed by atoms with van der Waals surface area (Å²) in [6.07, 6.45) is 3.33. The number of pyridine rings is 1. The number of amidine groups is 1. The van der Waals surface area contributed by atoms with Gasteiger partial charge in [0.25, 0.3) is 5.91 Å². The van der Waals surface area contributed by atoms with E-state index in [9.17, 15) is 4.79 Å². The van der Waals surface area contributed by atoms with Crippen molar-refractivity contribution in [1.29, 1.82) is 0 Å². The molecule has 0 aliphatic carbocycles. The van der Waals surface area contributed by atoms with Crippen LogP contribution in [0, 0.1) is 0 Å². The van der Waals surface area contributed by atoms with Crippen LogP contribution in [-0.2, 0) is 4.74 Å². The molecule has 20 heavy (non-hydrogen) atoms. The molecule has 0 spiro atoms. The van der Waals surface area contributed by atoms with Gasteiger partial charge in [-0.15, -0.1) is 0 Å². The number of likely N-dealkylation sites (tertiary alicyclic amines) is 1. The van der Waals surface area contributed by atoms with Crippen molar-refractivity contribution in [2.24, 2.45) is 10.9 Å². The van der Waals surface area contributed by atoms with Crippen molar-refractivity contribution in [3.63, 3.8) is 0 Å². The summed E-state index contributed by atoms with van der Waals surface area (Å²) in [6, 6.07) is 3.19. The Morgan fingerprint density at radius 2 is 2.20 bits per heavy atom. The summed E-state index contributed by atoms with van der Waals surface area (Å²) in [5.74, 6) is -0.136. The van der Waals surface area contributed by atoms with Gasteiger partial charge in [0, 0.05) is 32.0 Å². The molecule has 0 atom stereocenters. The van der Waals surface area contributed by atoms with Crippen molar-refractivity contribution in [3.05, 3.63) is 29.6 Å². The molecule has 1 aromatic rings. The molecule has 1 aliphatic rings. The third-order valence-corrected chi connectivity index (χ3v) is 3.45. The van der Waals surface area contributed by atoms with E-state index in [1.54, 1.807) is 24.1 Å². The monoisotopic (exact) mass is 278 g/mol. The number of amides is 1. The zero-order valence-electron chi connectivity index (χ0n) is 11.3. The molecule has 1 amide bonds. The quantitative estimate of drug-likeness (QED) is 0.361. The Morgan fingerprint density at radius 3 is 2.70 bits per heavy atom. The van der Waals surface area contributed by atoms with Gasteiger partial charge in [-0.05, 0) is 25.0 Å². The Bertz CT molecular complexity index is 493. The highest BCUT2D eigenvalue weighted by atomic mass is 16.5. The number of hydrogen-bond donors (Lipinski definition) is 2. The van der Waals surface area contributed by atoms with Gasteiger partial charge in [0.05, 0.1) is 6.10 Å². The number of nitrogens with zero attached hydrogens (tertiary/aromatic N) is 3. The van der Waals surface area contributed by atoms with Gasteiger partial charge >= 0.3 is 0 Å². The number of carbonyl (C=O) groups excluding carboxylic acids is 1. The second-order valence-corrected chi connectivity index (χ2v) is 4.64. The molecule has 7 nitrogen and oxygen atoms in total. The predicted octanol–water partition coefficient (Wildman–Crippen LogP) is 0.427. The molecular weight excluding hydrogens is 260 g/mol. The Labute approximate surface area is 117 Å². The second-order valence-electron chi connectivity index (χ2n) is 4.64. The van der Waals surface area contributed by atoms with Crippen LogP contribution in [0.1, 0.15) is 28.9 Å². The first-order chi connectivity index (χ1) is 9.65. The third kappa shape index (κ3) is 3.05. The largest absolute Gasteiger partial charge is 0.409 e. The van der Waals surface area contributed by atoms with E-state index in [4.69, 9.17) is 15.7 Å². The summed E-state index contributed by atoms with van der Waals surface area (Å²) in [6.45, 7) is 1.34. The topological polar surface area (TPSA) is 101 Å². The number of piperidine rings is 1. The molecule has 7 heteroatoms. The maximum Gasteiger partial charge on any atom is 0.272 e. The molecule has 1 saturated heterocycles. The summed E-state index contributed by atoms with van der Waals surface area (Å²) in [5.41, 5.74) is 6.28. The summed E-state index contributed by atoms with van der Waals surface area (Å²) in [4.78, 5) is 18.1. The van der Waals surface area contributed by atoms with E-state index in [0.717, 1.165) is 12.8 Å². The number of carbonyl (C=O) groups is 1. The fourth-order valence-corrected chi connectivity index (χ4v) is 2.19. The van der Waals surface area contributed by atoms with Gasteiger partial charge in [-0.3, -0.25) is 9.78 Å². The molecule has 108 valence electrons. The van der Waals surface area contributed by atoms with Crippen LogP contribution in [0.25, 0.3) is 0 Å². The third-order valence-electron chi connectivity index (χ3n) is 3.45. The average molecular weight is 278 g/mol. The van der Waals surface area contributed by atoms with Gasteiger partial charge in [-0.2, -0.15) is 0 Å². The maximum atomic E-state index is 12.3. The van der Waals surface area contributed by atoms with Crippen LogP contribution < -0.4 is 5.73 Å². The Kier molecular flexibility index (Phi) is 4.52. The zero-order valence-corrected chi connectivity index (χ0v) is 11.3. The van der Waals surface area contributed by atoms with Crippen LogP contribution in [0.2, 0.25) is 0 Å².